The summed E-state index contributed by atoms with van der Waals surface area (Å²) in [5, 5.41) is 3.56. The van der Waals surface area contributed by atoms with Crippen LogP contribution in [0, 0.1) is 6.92 Å². The summed E-state index contributed by atoms with van der Waals surface area (Å²) in [4.78, 5) is 29.8. The number of nitrogens with zero attached hydrogens (tertiary/aromatic N) is 2. The summed E-state index contributed by atoms with van der Waals surface area (Å²) in [6.07, 6.45) is 0.168. The number of carbonyl (C=O) groups excluding carboxylic acids is 2. The standard InChI is InChI=1S/C36H39Cl2N3O5S/c1-5-46-29-18-16-28(17-19-29)41(47(44,45)30-20-14-26(4)15-21-30)24-35(42)40(23-31-32(37)12-9-13-33(31)38)34(36(43)39-25(2)3)22-27-10-7-6-8-11-27/h6-21,25,34H,5,22-24H2,1-4H3,(H,39,43). The number of anilines is 1. The molecule has 0 bridgehead atoms. The summed E-state index contributed by atoms with van der Waals surface area (Å²) in [6.45, 7) is 7.06. The summed E-state index contributed by atoms with van der Waals surface area (Å²) in [6, 6.07) is 25.9. The molecule has 4 rings (SSSR count). The zero-order chi connectivity index (χ0) is 34.1. The fraction of sp³-hybridized carbons (Fsp3) is 0.278. The molecule has 0 saturated carbocycles. The maximum absolute atomic E-state index is 14.6. The van der Waals surface area contributed by atoms with Crippen LogP contribution in [0.25, 0.3) is 0 Å². The number of hydrogen-bond acceptors (Lipinski definition) is 5. The molecule has 0 aromatic heterocycles. The van der Waals surface area contributed by atoms with Crippen LogP contribution in [-0.4, -0.2) is 50.4 Å². The van der Waals surface area contributed by atoms with Gasteiger partial charge < -0.3 is 15.0 Å². The third-order valence-corrected chi connectivity index (χ3v) is 9.91. The Kier molecular flexibility index (Phi) is 12.3. The van der Waals surface area contributed by atoms with Crippen molar-refractivity contribution in [3.8, 4) is 5.75 Å². The Morgan fingerprint density at radius 1 is 0.851 bits per heavy atom. The lowest BCUT2D eigenvalue weighted by Crippen LogP contribution is -2.54. The van der Waals surface area contributed by atoms with Crippen molar-refractivity contribution in [3.05, 3.63) is 124 Å². The number of amides is 2. The highest BCUT2D eigenvalue weighted by atomic mass is 35.5. The third-order valence-electron chi connectivity index (χ3n) is 7.42. The molecule has 0 fully saturated rings. The molecular formula is C36H39Cl2N3O5S. The first-order valence-corrected chi connectivity index (χ1v) is 17.5. The van der Waals surface area contributed by atoms with E-state index in [2.05, 4.69) is 5.32 Å². The van der Waals surface area contributed by atoms with Crippen molar-refractivity contribution in [3.63, 3.8) is 0 Å². The lowest BCUT2D eigenvalue weighted by atomic mass is 10.0. The van der Waals surface area contributed by atoms with E-state index in [0.717, 1.165) is 15.4 Å². The van der Waals surface area contributed by atoms with Gasteiger partial charge in [-0.3, -0.25) is 13.9 Å². The van der Waals surface area contributed by atoms with Crippen LogP contribution in [0.2, 0.25) is 10.0 Å². The second kappa shape index (κ2) is 16.2. The van der Waals surface area contributed by atoms with Crippen LogP contribution >= 0.6 is 23.2 Å². The Hall–Kier alpha value is -4.05. The number of sulfonamides is 1. The van der Waals surface area contributed by atoms with E-state index in [1.165, 1.54) is 17.0 Å². The van der Waals surface area contributed by atoms with E-state index in [4.69, 9.17) is 27.9 Å². The number of rotatable bonds is 14. The average Bonchev–Trinajstić information content (AvgIpc) is 3.03. The molecule has 1 atom stereocenters. The largest absolute Gasteiger partial charge is 0.494 e. The number of carbonyl (C=O) groups is 2. The number of nitrogens with one attached hydrogen (secondary N) is 1. The molecule has 0 saturated heterocycles. The molecule has 0 aliphatic heterocycles. The molecular weight excluding hydrogens is 657 g/mol. The summed E-state index contributed by atoms with van der Waals surface area (Å²) >= 11 is 13.1. The number of ether oxygens (including phenoxy) is 1. The van der Waals surface area contributed by atoms with Gasteiger partial charge in [-0.15, -0.1) is 0 Å². The number of hydrogen-bond donors (Lipinski definition) is 1. The monoisotopic (exact) mass is 695 g/mol. The van der Waals surface area contributed by atoms with Crippen LogP contribution < -0.4 is 14.4 Å². The van der Waals surface area contributed by atoms with Crippen molar-refractivity contribution < 1.29 is 22.7 Å². The maximum Gasteiger partial charge on any atom is 0.264 e. The lowest BCUT2D eigenvalue weighted by molar-refractivity contribution is -0.140. The first-order valence-electron chi connectivity index (χ1n) is 15.3. The number of aryl methyl sites for hydroxylation is 1. The number of halogens is 2. The lowest BCUT2D eigenvalue weighted by Gasteiger charge is -2.34. The normalized spacial score (nSPS) is 12.0. The predicted octanol–water partition coefficient (Wildman–Crippen LogP) is 7.06. The van der Waals surface area contributed by atoms with Crippen LogP contribution in [0.1, 0.15) is 37.5 Å². The van der Waals surface area contributed by atoms with Gasteiger partial charge in [0.25, 0.3) is 10.0 Å². The van der Waals surface area contributed by atoms with E-state index < -0.39 is 34.4 Å². The smallest absolute Gasteiger partial charge is 0.264 e. The molecule has 248 valence electrons. The highest BCUT2D eigenvalue weighted by Crippen LogP contribution is 2.30. The summed E-state index contributed by atoms with van der Waals surface area (Å²) in [5.74, 6) is -0.460. The quantitative estimate of drug-likeness (QED) is 0.152. The van der Waals surface area contributed by atoms with E-state index >= 15 is 0 Å². The van der Waals surface area contributed by atoms with E-state index in [-0.39, 0.29) is 29.6 Å². The SMILES string of the molecule is CCOc1ccc(N(CC(=O)N(Cc2c(Cl)cccc2Cl)C(Cc2ccccc2)C(=O)NC(C)C)S(=O)(=O)c2ccc(C)cc2)cc1. The van der Waals surface area contributed by atoms with Crippen molar-refractivity contribution in [2.75, 3.05) is 17.5 Å². The first-order chi connectivity index (χ1) is 22.4. The first kappa shape index (κ1) is 35.8. The summed E-state index contributed by atoms with van der Waals surface area (Å²) < 4.78 is 35.1. The van der Waals surface area contributed by atoms with Crippen LogP contribution in [0.15, 0.2) is 102 Å². The second-order valence-electron chi connectivity index (χ2n) is 11.3. The molecule has 0 heterocycles. The van der Waals surface area contributed by atoms with E-state index in [1.807, 2.05) is 58.0 Å². The Labute approximate surface area is 287 Å². The second-order valence-corrected chi connectivity index (χ2v) is 14.0. The van der Waals surface area contributed by atoms with E-state index in [1.54, 1.807) is 54.6 Å². The highest BCUT2D eigenvalue weighted by molar-refractivity contribution is 7.92. The van der Waals surface area contributed by atoms with Crippen molar-refractivity contribution >= 4 is 50.7 Å². The number of benzene rings is 4. The van der Waals surface area contributed by atoms with Gasteiger partial charge in [0, 0.05) is 34.6 Å². The van der Waals surface area contributed by atoms with Gasteiger partial charge in [-0.25, -0.2) is 8.42 Å². The molecule has 2 amide bonds. The average molecular weight is 697 g/mol. The molecule has 1 unspecified atom stereocenters. The van der Waals surface area contributed by atoms with Gasteiger partial charge in [0.2, 0.25) is 11.8 Å². The minimum Gasteiger partial charge on any atom is -0.494 e. The fourth-order valence-corrected chi connectivity index (χ4v) is 6.96. The van der Waals surface area contributed by atoms with Crippen LogP contribution in [-0.2, 0) is 32.6 Å². The molecule has 8 nitrogen and oxygen atoms in total. The Balaban J connectivity index is 1.84. The Bertz CT molecular complexity index is 1750. The molecule has 11 heteroatoms. The van der Waals surface area contributed by atoms with Crippen molar-refractivity contribution in [1.82, 2.24) is 10.2 Å². The van der Waals surface area contributed by atoms with Gasteiger partial charge in [0.05, 0.1) is 17.2 Å². The van der Waals surface area contributed by atoms with Crippen molar-refractivity contribution in [2.45, 2.75) is 57.6 Å². The van der Waals surface area contributed by atoms with Crippen molar-refractivity contribution in [2.24, 2.45) is 0 Å². The molecule has 1 N–H and O–H groups in total. The molecule has 0 spiro atoms. The van der Waals surface area contributed by atoms with Gasteiger partial charge in [-0.1, -0.05) is 77.3 Å². The van der Waals surface area contributed by atoms with Crippen LogP contribution in [0.5, 0.6) is 5.75 Å². The predicted molar refractivity (Wildman–Crippen MR) is 188 cm³/mol. The summed E-state index contributed by atoms with van der Waals surface area (Å²) in [5.41, 5.74) is 2.39. The van der Waals surface area contributed by atoms with Crippen LogP contribution in [0.3, 0.4) is 0 Å². The third kappa shape index (κ3) is 9.28. The van der Waals surface area contributed by atoms with Crippen LogP contribution in [0.4, 0.5) is 5.69 Å². The van der Waals surface area contributed by atoms with Gasteiger partial charge in [0.15, 0.2) is 0 Å². The van der Waals surface area contributed by atoms with E-state index in [9.17, 15) is 18.0 Å². The topological polar surface area (TPSA) is 96.0 Å². The zero-order valence-electron chi connectivity index (χ0n) is 26.8. The molecule has 0 aliphatic rings. The molecule has 47 heavy (non-hydrogen) atoms. The Morgan fingerprint density at radius 2 is 1.47 bits per heavy atom. The van der Waals surface area contributed by atoms with Gasteiger partial charge in [-0.2, -0.15) is 0 Å². The van der Waals surface area contributed by atoms with Gasteiger partial charge in [0.1, 0.15) is 18.3 Å². The molecule has 0 aliphatic carbocycles. The minimum absolute atomic E-state index is 0.0175. The van der Waals surface area contributed by atoms with Gasteiger partial charge in [-0.05, 0) is 81.8 Å². The summed E-state index contributed by atoms with van der Waals surface area (Å²) in [7, 11) is -4.25. The Morgan fingerprint density at radius 3 is 2.04 bits per heavy atom. The molecule has 0 radical (unpaired) electrons. The zero-order valence-corrected chi connectivity index (χ0v) is 29.1. The minimum atomic E-state index is -4.25. The van der Waals surface area contributed by atoms with Gasteiger partial charge >= 0.3 is 0 Å². The van der Waals surface area contributed by atoms with Crippen molar-refractivity contribution in [1.29, 1.82) is 0 Å². The fourth-order valence-electron chi connectivity index (χ4n) is 5.03. The van der Waals surface area contributed by atoms with E-state index in [0.29, 0.717) is 28.0 Å². The molecule has 4 aromatic rings. The highest BCUT2D eigenvalue weighted by Gasteiger charge is 2.35. The maximum atomic E-state index is 14.6. The molecule has 4 aromatic carbocycles.